The first-order valence-corrected chi connectivity index (χ1v) is 8.06. The van der Waals surface area contributed by atoms with Gasteiger partial charge in [-0.15, -0.1) is 11.8 Å². The molecular weight excluding hydrogens is 251 g/mol. The molecule has 1 unspecified atom stereocenters. The average molecular weight is 278 g/mol. The van der Waals surface area contributed by atoms with E-state index in [2.05, 4.69) is 6.92 Å². The zero-order valence-corrected chi connectivity index (χ0v) is 12.6. The zero-order valence-electron chi connectivity index (χ0n) is 11.8. The number of ether oxygens (including phenoxy) is 1. The SMILES string of the molecule is CCCCCC(SCCCCCCF)C(=O)OC. The molecule has 0 saturated heterocycles. The third-order valence-corrected chi connectivity index (χ3v) is 4.24. The molecule has 0 aromatic carbocycles. The molecule has 0 heterocycles. The Hall–Kier alpha value is -0.250. The highest BCUT2D eigenvalue weighted by Gasteiger charge is 2.18. The fourth-order valence-corrected chi connectivity index (χ4v) is 2.98. The standard InChI is InChI=1S/C14H27FO2S/c1-3-4-7-10-13(14(16)17-2)18-12-9-6-5-8-11-15/h13H,3-12H2,1-2H3. The zero-order chi connectivity index (χ0) is 13.6. The summed E-state index contributed by atoms with van der Waals surface area (Å²) < 4.78 is 16.7. The van der Waals surface area contributed by atoms with Gasteiger partial charge in [0.2, 0.25) is 0 Å². The normalized spacial score (nSPS) is 12.4. The summed E-state index contributed by atoms with van der Waals surface area (Å²) in [5, 5.41) is -0.0114. The van der Waals surface area contributed by atoms with Crippen molar-refractivity contribution in [3.63, 3.8) is 0 Å². The molecule has 0 aliphatic heterocycles. The number of hydrogen-bond acceptors (Lipinski definition) is 3. The molecule has 0 saturated carbocycles. The second-order valence-electron chi connectivity index (χ2n) is 4.48. The minimum atomic E-state index is -0.213. The lowest BCUT2D eigenvalue weighted by Gasteiger charge is -2.13. The minimum absolute atomic E-state index is 0.0114. The van der Waals surface area contributed by atoms with Crippen LogP contribution >= 0.6 is 11.8 Å². The molecule has 4 heteroatoms. The van der Waals surface area contributed by atoms with Crippen LogP contribution in [0.15, 0.2) is 0 Å². The highest BCUT2D eigenvalue weighted by molar-refractivity contribution is 8.00. The fraction of sp³-hybridized carbons (Fsp3) is 0.929. The van der Waals surface area contributed by atoms with Crippen molar-refractivity contribution in [3.05, 3.63) is 0 Å². The van der Waals surface area contributed by atoms with Crippen LogP contribution in [0.25, 0.3) is 0 Å². The van der Waals surface area contributed by atoms with Gasteiger partial charge in [0.1, 0.15) is 5.25 Å². The van der Waals surface area contributed by atoms with Gasteiger partial charge < -0.3 is 4.74 Å². The molecule has 0 rings (SSSR count). The number of methoxy groups -OCH3 is 1. The topological polar surface area (TPSA) is 26.3 Å². The van der Waals surface area contributed by atoms with Gasteiger partial charge in [-0.25, -0.2) is 0 Å². The molecule has 108 valence electrons. The molecule has 0 fully saturated rings. The monoisotopic (exact) mass is 278 g/mol. The Labute approximate surface area is 115 Å². The Morgan fingerprint density at radius 3 is 2.50 bits per heavy atom. The van der Waals surface area contributed by atoms with E-state index >= 15 is 0 Å². The molecule has 0 aromatic rings. The quantitative estimate of drug-likeness (QED) is 0.391. The Bertz CT molecular complexity index is 200. The number of rotatable bonds is 12. The third-order valence-electron chi connectivity index (χ3n) is 2.88. The van der Waals surface area contributed by atoms with Crippen LogP contribution in [-0.4, -0.2) is 30.8 Å². The summed E-state index contributed by atoms with van der Waals surface area (Å²) in [7, 11) is 1.46. The summed E-state index contributed by atoms with van der Waals surface area (Å²) in [4.78, 5) is 11.6. The van der Waals surface area contributed by atoms with Crippen molar-refractivity contribution in [2.24, 2.45) is 0 Å². The van der Waals surface area contributed by atoms with Crippen molar-refractivity contribution in [2.75, 3.05) is 19.5 Å². The first-order valence-electron chi connectivity index (χ1n) is 7.01. The lowest BCUT2D eigenvalue weighted by atomic mass is 10.1. The smallest absolute Gasteiger partial charge is 0.318 e. The van der Waals surface area contributed by atoms with Crippen LogP contribution < -0.4 is 0 Å². The van der Waals surface area contributed by atoms with E-state index in [0.29, 0.717) is 6.42 Å². The van der Waals surface area contributed by atoms with Crippen LogP contribution in [0.3, 0.4) is 0 Å². The van der Waals surface area contributed by atoms with E-state index in [4.69, 9.17) is 4.74 Å². The second-order valence-corrected chi connectivity index (χ2v) is 5.79. The Morgan fingerprint density at radius 2 is 1.89 bits per heavy atom. The number of alkyl halides is 1. The maximum Gasteiger partial charge on any atom is 0.318 e. The highest BCUT2D eigenvalue weighted by atomic mass is 32.2. The minimum Gasteiger partial charge on any atom is -0.468 e. The van der Waals surface area contributed by atoms with E-state index < -0.39 is 0 Å². The summed E-state index contributed by atoms with van der Waals surface area (Å²) >= 11 is 1.69. The first kappa shape index (κ1) is 17.8. The molecule has 0 spiro atoms. The summed E-state index contributed by atoms with van der Waals surface area (Å²) in [5.74, 6) is 0.873. The van der Waals surface area contributed by atoms with Gasteiger partial charge in [-0.05, 0) is 25.0 Å². The molecule has 0 radical (unpaired) electrons. The Balaban J connectivity index is 3.69. The van der Waals surface area contributed by atoms with E-state index in [1.54, 1.807) is 11.8 Å². The predicted octanol–water partition coefficient (Wildman–Crippen LogP) is 4.37. The van der Waals surface area contributed by atoms with Crippen LogP contribution in [0, 0.1) is 0 Å². The molecule has 0 aromatic heterocycles. The summed E-state index contributed by atoms with van der Waals surface area (Å²) in [6, 6.07) is 0. The fourth-order valence-electron chi connectivity index (χ4n) is 1.76. The molecule has 0 aliphatic carbocycles. The molecule has 0 N–H and O–H groups in total. The van der Waals surface area contributed by atoms with E-state index in [1.165, 1.54) is 20.0 Å². The summed E-state index contributed by atoms with van der Waals surface area (Å²) in [6.45, 7) is 1.94. The van der Waals surface area contributed by atoms with Gasteiger partial charge in [-0.3, -0.25) is 9.18 Å². The molecular formula is C14H27FO2S. The van der Waals surface area contributed by atoms with Gasteiger partial charge in [0.15, 0.2) is 0 Å². The maximum absolute atomic E-state index is 11.9. The number of esters is 1. The van der Waals surface area contributed by atoms with Gasteiger partial charge >= 0.3 is 5.97 Å². The first-order chi connectivity index (χ1) is 8.76. The van der Waals surface area contributed by atoms with Crippen molar-refractivity contribution < 1.29 is 13.9 Å². The molecule has 0 bridgehead atoms. The number of carbonyl (C=O) groups is 1. The van der Waals surface area contributed by atoms with Crippen LogP contribution in [0.1, 0.15) is 58.3 Å². The van der Waals surface area contributed by atoms with Gasteiger partial charge in [0, 0.05) is 0 Å². The Morgan fingerprint density at radius 1 is 1.17 bits per heavy atom. The number of hydrogen-bond donors (Lipinski definition) is 0. The van der Waals surface area contributed by atoms with Crippen LogP contribution in [0.2, 0.25) is 0 Å². The van der Waals surface area contributed by atoms with E-state index in [9.17, 15) is 9.18 Å². The number of unbranched alkanes of at least 4 members (excludes halogenated alkanes) is 5. The average Bonchev–Trinajstić information content (AvgIpc) is 2.40. The number of halogens is 1. The van der Waals surface area contributed by atoms with E-state index in [-0.39, 0.29) is 17.9 Å². The molecule has 18 heavy (non-hydrogen) atoms. The van der Waals surface area contributed by atoms with Crippen LogP contribution in [0.4, 0.5) is 4.39 Å². The highest BCUT2D eigenvalue weighted by Crippen LogP contribution is 2.21. The predicted molar refractivity (Wildman–Crippen MR) is 76.8 cm³/mol. The lowest BCUT2D eigenvalue weighted by Crippen LogP contribution is -2.19. The Kier molecular flexibility index (Phi) is 13.0. The second kappa shape index (κ2) is 13.2. The van der Waals surface area contributed by atoms with Gasteiger partial charge in [-0.2, -0.15) is 0 Å². The molecule has 0 amide bonds. The van der Waals surface area contributed by atoms with Crippen LogP contribution in [0.5, 0.6) is 0 Å². The summed E-state index contributed by atoms with van der Waals surface area (Å²) in [5.41, 5.74) is 0. The van der Waals surface area contributed by atoms with Crippen molar-refractivity contribution in [3.8, 4) is 0 Å². The van der Waals surface area contributed by atoms with Gasteiger partial charge in [-0.1, -0.05) is 39.0 Å². The van der Waals surface area contributed by atoms with Crippen molar-refractivity contribution >= 4 is 17.7 Å². The van der Waals surface area contributed by atoms with Crippen molar-refractivity contribution in [2.45, 2.75) is 63.5 Å². The summed E-state index contributed by atoms with van der Waals surface area (Å²) in [6.07, 6.45) is 8.08. The largest absolute Gasteiger partial charge is 0.468 e. The molecule has 0 aliphatic rings. The van der Waals surface area contributed by atoms with Gasteiger partial charge in [0.05, 0.1) is 13.8 Å². The number of carbonyl (C=O) groups excluding carboxylic acids is 1. The van der Waals surface area contributed by atoms with Crippen molar-refractivity contribution in [1.29, 1.82) is 0 Å². The lowest BCUT2D eigenvalue weighted by molar-refractivity contribution is -0.140. The van der Waals surface area contributed by atoms with Crippen LogP contribution in [-0.2, 0) is 9.53 Å². The van der Waals surface area contributed by atoms with Crippen molar-refractivity contribution in [1.82, 2.24) is 0 Å². The molecule has 2 nitrogen and oxygen atoms in total. The third kappa shape index (κ3) is 9.75. The van der Waals surface area contributed by atoms with E-state index in [0.717, 1.165) is 37.9 Å². The van der Waals surface area contributed by atoms with E-state index in [1.807, 2.05) is 0 Å². The maximum atomic E-state index is 11.9. The van der Waals surface area contributed by atoms with Gasteiger partial charge in [0.25, 0.3) is 0 Å². The molecule has 1 atom stereocenters. The number of thioether (sulfide) groups is 1.